The van der Waals surface area contributed by atoms with Crippen LogP contribution < -0.4 is 21.3 Å². The number of benzene rings is 1. The van der Waals surface area contributed by atoms with E-state index in [-0.39, 0.29) is 5.56 Å². The standard InChI is InChI=1S/C17H20F2N6S/c18-11-3-1-4-12(19)15(11)17-24(10-14(21)26-17)13-9-22-25-8-7-23(16(13)25)6-2-5-20/h1,3-4,9-10,17H,2,5-8,20-21H2. The molecule has 1 unspecified atom stereocenters. The molecule has 0 spiro atoms. The van der Waals surface area contributed by atoms with Gasteiger partial charge in [0.05, 0.1) is 23.3 Å². The van der Waals surface area contributed by atoms with Gasteiger partial charge < -0.3 is 21.3 Å². The molecule has 2 aliphatic rings. The molecule has 0 amide bonds. The second kappa shape index (κ2) is 6.81. The minimum Gasteiger partial charge on any atom is -0.392 e. The van der Waals surface area contributed by atoms with Crippen molar-refractivity contribution in [3.63, 3.8) is 0 Å². The number of thioether (sulfide) groups is 1. The van der Waals surface area contributed by atoms with Crippen molar-refractivity contribution in [1.29, 1.82) is 0 Å². The van der Waals surface area contributed by atoms with Gasteiger partial charge in [-0.15, -0.1) is 0 Å². The van der Waals surface area contributed by atoms with Gasteiger partial charge in [0.2, 0.25) is 0 Å². The van der Waals surface area contributed by atoms with Gasteiger partial charge in [0.1, 0.15) is 22.7 Å². The molecule has 138 valence electrons. The third-order valence-corrected chi connectivity index (χ3v) is 5.66. The summed E-state index contributed by atoms with van der Waals surface area (Å²) in [4.78, 5) is 4.01. The summed E-state index contributed by atoms with van der Waals surface area (Å²) < 4.78 is 30.7. The van der Waals surface area contributed by atoms with Crippen LogP contribution in [-0.2, 0) is 6.54 Å². The molecule has 2 aliphatic heterocycles. The van der Waals surface area contributed by atoms with Crippen LogP contribution in [0.2, 0.25) is 0 Å². The van der Waals surface area contributed by atoms with E-state index in [2.05, 4.69) is 10.00 Å². The summed E-state index contributed by atoms with van der Waals surface area (Å²) in [6.07, 6.45) is 4.31. The summed E-state index contributed by atoms with van der Waals surface area (Å²) in [5.74, 6) is -0.231. The van der Waals surface area contributed by atoms with Crippen LogP contribution in [0.1, 0.15) is 17.4 Å². The zero-order chi connectivity index (χ0) is 18.3. The van der Waals surface area contributed by atoms with Crippen LogP contribution >= 0.6 is 11.8 Å². The van der Waals surface area contributed by atoms with E-state index < -0.39 is 17.0 Å². The zero-order valence-electron chi connectivity index (χ0n) is 14.1. The van der Waals surface area contributed by atoms with E-state index in [0.717, 1.165) is 37.6 Å². The van der Waals surface area contributed by atoms with E-state index in [9.17, 15) is 8.78 Å². The lowest BCUT2D eigenvalue weighted by Gasteiger charge is -2.27. The molecule has 2 aromatic rings. The maximum absolute atomic E-state index is 14.4. The fraction of sp³-hybridized carbons (Fsp3) is 0.353. The second-order valence-electron chi connectivity index (χ2n) is 6.25. The number of nitrogens with zero attached hydrogens (tertiary/aromatic N) is 4. The Bertz CT molecular complexity index is 832. The van der Waals surface area contributed by atoms with Crippen LogP contribution in [0.4, 0.5) is 20.3 Å². The number of hydrogen-bond donors (Lipinski definition) is 2. The average Bonchev–Trinajstić information content (AvgIpc) is 3.28. The Morgan fingerprint density at radius 3 is 2.73 bits per heavy atom. The van der Waals surface area contributed by atoms with Crippen LogP contribution in [0.3, 0.4) is 0 Å². The van der Waals surface area contributed by atoms with Crippen LogP contribution in [0.25, 0.3) is 0 Å². The Morgan fingerprint density at radius 2 is 2.00 bits per heavy atom. The highest BCUT2D eigenvalue weighted by Gasteiger charge is 2.36. The molecule has 3 heterocycles. The Kier molecular flexibility index (Phi) is 4.49. The molecule has 4 N–H and O–H groups in total. The Balaban J connectivity index is 1.73. The summed E-state index contributed by atoms with van der Waals surface area (Å²) >= 11 is 1.23. The van der Waals surface area contributed by atoms with Crippen LogP contribution in [0.15, 0.2) is 35.6 Å². The second-order valence-corrected chi connectivity index (χ2v) is 7.40. The lowest BCUT2D eigenvalue weighted by molar-refractivity contribution is 0.554. The Labute approximate surface area is 154 Å². The predicted octanol–water partition coefficient (Wildman–Crippen LogP) is 2.34. The molecule has 0 saturated heterocycles. The molecular formula is C17H20F2N6S. The van der Waals surface area contributed by atoms with Crippen molar-refractivity contribution in [2.45, 2.75) is 18.3 Å². The van der Waals surface area contributed by atoms with Gasteiger partial charge in [0.25, 0.3) is 0 Å². The van der Waals surface area contributed by atoms with Gasteiger partial charge in [-0.05, 0) is 25.1 Å². The van der Waals surface area contributed by atoms with Crippen molar-refractivity contribution in [3.8, 4) is 0 Å². The first kappa shape index (κ1) is 17.2. The van der Waals surface area contributed by atoms with Gasteiger partial charge in [0.15, 0.2) is 5.82 Å². The quantitative estimate of drug-likeness (QED) is 0.832. The molecule has 26 heavy (non-hydrogen) atoms. The Morgan fingerprint density at radius 1 is 1.23 bits per heavy atom. The summed E-state index contributed by atoms with van der Waals surface area (Å²) in [6.45, 7) is 3.04. The zero-order valence-corrected chi connectivity index (χ0v) is 14.9. The van der Waals surface area contributed by atoms with Crippen LogP contribution in [-0.4, -0.2) is 29.4 Å². The normalized spacial score (nSPS) is 19.2. The smallest absolute Gasteiger partial charge is 0.151 e. The van der Waals surface area contributed by atoms with Crippen molar-refractivity contribution in [3.05, 3.63) is 52.8 Å². The highest BCUT2D eigenvalue weighted by molar-refractivity contribution is 8.03. The fourth-order valence-corrected chi connectivity index (χ4v) is 4.49. The maximum Gasteiger partial charge on any atom is 0.151 e. The molecule has 0 radical (unpaired) electrons. The van der Waals surface area contributed by atoms with Gasteiger partial charge in [0, 0.05) is 19.3 Å². The first-order valence-corrected chi connectivity index (χ1v) is 9.35. The van der Waals surface area contributed by atoms with Crippen LogP contribution in [0.5, 0.6) is 0 Å². The van der Waals surface area contributed by atoms with E-state index in [1.807, 2.05) is 4.68 Å². The van der Waals surface area contributed by atoms with Gasteiger partial charge in [-0.1, -0.05) is 17.8 Å². The SMILES string of the molecule is NCCCN1CCn2ncc(N3C=C(N)SC3c3c(F)cccc3F)c21. The summed E-state index contributed by atoms with van der Waals surface area (Å²) in [6, 6.07) is 3.89. The van der Waals surface area contributed by atoms with Gasteiger partial charge >= 0.3 is 0 Å². The average molecular weight is 378 g/mol. The summed E-state index contributed by atoms with van der Waals surface area (Å²) in [5.41, 5.74) is 12.4. The lowest BCUT2D eigenvalue weighted by atomic mass is 10.1. The summed E-state index contributed by atoms with van der Waals surface area (Å²) in [7, 11) is 0. The maximum atomic E-state index is 14.4. The van der Waals surface area contributed by atoms with E-state index in [4.69, 9.17) is 11.5 Å². The first-order valence-electron chi connectivity index (χ1n) is 8.47. The number of hydrogen-bond acceptors (Lipinski definition) is 6. The number of anilines is 2. The fourth-order valence-electron chi connectivity index (χ4n) is 3.42. The largest absolute Gasteiger partial charge is 0.392 e. The number of rotatable bonds is 5. The van der Waals surface area contributed by atoms with Crippen LogP contribution in [0, 0.1) is 11.6 Å². The number of halogens is 2. The predicted molar refractivity (Wildman–Crippen MR) is 99.6 cm³/mol. The first-order chi connectivity index (χ1) is 12.6. The monoisotopic (exact) mass is 378 g/mol. The van der Waals surface area contributed by atoms with E-state index in [1.165, 1.54) is 30.0 Å². The lowest BCUT2D eigenvalue weighted by Crippen LogP contribution is -2.26. The highest BCUT2D eigenvalue weighted by Crippen LogP contribution is 2.48. The van der Waals surface area contributed by atoms with Crippen molar-refractivity contribution in [2.75, 3.05) is 29.4 Å². The summed E-state index contributed by atoms with van der Waals surface area (Å²) in [5, 5.41) is 4.33. The molecule has 1 aromatic carbocycles. The minimum atomic E-state index is -0.609. The van der Waals surface area contributed by atoms with Gasteiger partial charge in [-0.2, -0.15) is 5.10 Å². The molecule has 6 nitrogen and oxygen atoms in total. The van der Waals surface area contributed by atoms with E-state index >= 15 is 0 Å². The molecular weight excluding hydrogens is 358 g/mol. The molecule has 0 aliphatic carbocycles. The molecule has 9 heteroatoms. The third-order valence-electron chi connectivity index (χ3n) is 4.60. The Hall–Kier alpha value is -2.26. The molecule has 4 rings (SSSR count). The molecule has 0 bridgehead atoms. The molecule has 1 aromatic heterocycles. The molecule has 0 fully saturated rings. The molecule has 1 atom stereocenters. The van der Waals surface area contributed by atoms with E-state index in [1.54, 1.807) is 17.3 Å². The highest BCUT2D eigenvalue weighted by atomic mass is 32.2. The van der Waals surface area contributed by atoms with Crippen molar-refractivity contribution >= 4 is 23.3 Å². The third kappa shape index (κ3) is 2.80. The van der Waals surface area contributed by atoms with Gasteiger partial charge in [-0.3, -0.25) is 0 Å². The van der Waals surface area contributed by atoms with Gasteiger partial charge in [-0.25, -0.2) is 13.5 Å². The van der Waals surface area contributed by atoms with E-state index in [0.29, 0.717) is 11.6 Å². The number of aromatic nitrogens is 2. The topological polar surface area (TPSA) is 76.3 Å². The number of nitrogens with two attached hydrogens (primary N) is 2. The minimum absolute atomic E-state index is 0.000607. The molecule has 0 saturated carbocycles. The van der Waals surface area contributed by atoms with Crippen molar-refractivity contribution in [1.82, 2.24) is 9.78 Å². The number of fused-ring (bicyclic) bond motifs is 1. The van der Waals surface area contributed by atoms with Crippen molar-refractivity contribution < 1.29 is 8.78 Å². The van der Waals surface area contributed by atoms with Crippen molar-refractivity contribution in [2.24, 2.45) is 11.5 Å².